The monoisotopic (exact) mass is 300 g/mol. The Labute approximate surface area is 126 Å². The molecule has 6 heteroatoms. The van der Waals surface area contributed by atoms with Crippen molar-refractivity contribution >= 4 is 12.0 Å². The van der Waals surface area contributed by atoms with Gasteiger partial charge in [0.15, 0.2) is 0 Å². The van der Waals surface area contributed by atoms with Crippen molar-refractivity contribution in [1.82, 2.24) is 10.6 Å². The average molecular weight is 300 g/mol. The lowest BCUT2D eigenvalue weighted by Gasteiger charge is -2.28. The number of unbranched alkanes of at least 4 members (excludes halogenated alkanes) is 2. The van der Waals surface area contributed by atoms with Crippen LogP contribution >= 0.6 is 0 Å². The summed E-state index contributed by atoms with van der Waals surface area (Å²) in [5.74, 6) is -0.989. The van der Waals surface area contributed by atoms with Crippen molar-refractivity contribution in [2.45, 2.75) is 44.9 Å². The van der Waals surface area contributed by atoms with Crippen LogP contribution in [0.1, 0.15) is 44.9 Å². The predicted molar refractivity (Wildman–Crippen MR) is 80.2 cm³/mol. The lowest BCUT2D eigenvalue weighted by molar-refractivity contribution is -0.144. The lowest BCUT2D eigenvalue weighted by Crippen LogP contribution is -2.42. The molecule has 1 aliphatic rings. The number of methoxy groups -OCH3 is 1. The van der Waals surface area contributed by atoms with Gasteiger partial charge in [0.05, 0.1) is 5.92 Å². The Kier molecular flexibility index (Phi) is 8.82. The van der Waals surface area contributed by atoms with Crippen LogP contribution < -0.4 is 10.6 Å². The second-order valence-electron chi connectivity index (χ2n) is 5.68. The van der Waals surface area contributed by atoms with Crippen LogP contribution in [0.25, 0.3) is 0 Å². The minimum absolute atomic E-state index is 0.0590. The van der Waals surface area contributed by atoms with Gasteiger partial charge in [-0.2, -0.15) is 0 Å². The SMILES string of the molecule is COCCCCCNC(=O)NCC1CCCCC1C(=O)O. The van der Waals surface area contributed by atoms with Gasteiger partial charge in [0.1, 0.15) is 0 Å². The Morgan fingerprint density at radius 2 is 1.90 bits per heavy atom. The lowest BCUT2D eigenvalue weighted by atomic mass is 9.79. The van der Waals surface area contributed by atoms with Gasteiger partial charge >= 0.3 is 12.0 Å². The second-order valence-corrected chi connectivity index (χ2v) is 5.68. The molecule has 2 amide bonds. The highest BCUT2D eigenvalue weighted by molar-refractivity contribution is 5.74. The first kappa shape index (κ1) is 17.8. The topological polar surface area (TPSA) is 87.7 Å². The number of carboxylic acids is 1. The molecule has 21 heavy (non-hydrogen) atoms. The summed E-state index contributed by atoms with van der Waals surface area (Å²) in [4.78, 5) is 22.8. The molecule has 0 aliphatic heterocycles. The number of amides is 2. The molecule has 1 aliphatic carbocycles. The summed E-state index contributed by atoms with van der Waals surface area (Å²) in [6.45, 7) is 1.85. The van der Waals surface area contributed by atoms with E-state index in [1.165, 1.54) is 0 Å². The van der Waals surface area contributed by atoms with E-state index < -0.39 is 5.97 Å². The molecule has 1 fully saturated rings. The minimum Gasteiger partial charge on any atom is -0.481 e. The van der Waals surface area contributed by atoms with Gasteiger partial charge in [-0.15, -0.1) is 0 Å². The molecule has 0 radical (unpaired) electrons. The molecule has 0 aromatic carbocycles. The number of rotatable bonds is 9. The maximum atomic E-state index is 11.7. The number of hydrogen-bond donors (Lipinski definition) is 3. The van der Waals surface area contributed by atoms with E-state index in [2.05, 4.69) is 10.6 Å². The van der Waals surface area contributed by atoms with Crippen molar-refractivity contribution in [3.8, 4) is 0 Å². The van der Waals surface area contributed by atoms with E-state index in [0.29, 0.717) is 13.1 Å². The van der Waals surface area contributed by atoms with Crippen molar-refractivity contribution in [2.75, 3.05) is 26.8 Å². The summed E-state index contributed by atoms with van der Waals surface area (Å²) < 4.78 is 4.96. The molecule has 0 saturated heterocycles. The van der Waals surface area contributed by atoms with E-state index in [9.17, 15) is 14.7 Å². The molecule has 0 aromatic rings. The maximum absolute atomic E-state index is 11.7. The Hall–Kier alpha value is -1.30. The van der Waals surface area contributed by atoms with Crippen LogP contribution in [0.3, 0.4) is 0 Å². The third-order valence-electron chi connectivity index (χ3n) is 4.06. The van der Waals surface area contributed by atoms with E-state index >= 15 is 0 Å². The molecule has 0 spiro atoms. The van der Waals surface area contributed by atoms with Gasteiger partial charge in [-0.1, -0.05) is 12.8 Å². The molecule has 1 rings (SSSR count). The molecule has 2 unspecified atom stereocenters. The van der Waals surface area contributed by atoms with E-state index in [0.717, 1.165) is 51.6 Å². The van der Waals surface area contributed by atoms with Crippen molar-refractivity contribution < 1.29 is 19.4 Å². The van der Waals surface area contributed by atoms with Crippen LogP contribution in [-0.4, -0.2) is 43.9 Å². The normalized spacial score (nSPS) is 21.8. The highest BCUT2D eigenvalue weighted by Gasteiger charge is 2.30. The molecule has 3 N–H and O–H groups in total. The zero-order chi connectivity index (χ0) is 15.5. The van der Waals surface area contributed by atoms with Crippen LogP contribution in [0, 0.1) is 11.8 Å². The number of hydrogen-bond acceptors (Lipinski definition) is 3. The number of nitrogens with one attached hydrogen (secondary N) is 2. The summed E-state index contributed by atoms with van der Waals surface area (Å²) in [5, 5.41) is 14.8. The smallest absolute Gasteiger partial charge is 0.314 e. The van der Waals surface area contributed by atoms with Crippen LogP contribution in [-0.2, 0) is 9.53 Å². The fourth-order valence-electron chi connectivity index (χ4n) is 2.81. The zero-order valence-electron chi connectivity index (χ0n) is 12.9. The van der Waals surface area contributed by atoms with Gasteiger partial charge in [-0.3, -0.25) is 4.79 Å². The molecule has 6 nitrogen and oxygen atoms in total. The van der Waals surface area contributed by atoms with Gasteiger partial charge in [0, 0.05) is 26.8 Å². The van der Waals surface area contributed by atoms with Crippen molar-refractivity contribution in [2.24, 2.45) is 11.8 Å². The molecular weight excluding hydrogens is 272 g/mol. The number of carboxylic acid groups (broad SMARTS) is 1. The number of ether oxygens (including phenoxy) is 1. The number of carbonyl (C=O) groups is 2. The van der Waals surface area contributed by atoms with E-state index in [4.69, 9.17) is 4.74 Å². The van der Waals surface area contributed by atoms with Gasteiger partial charge in [-0.05, 0) is 38.0 Å². The maximum Gasteiger partial charge on any atom is 0.314 e. The highest BCUT2D eigenvalue weighted by Crippen LogP contribution is 2.29. The Morgan fingerprint density at radius 1 is 1.14 bits per heavy atom. The Bertz CT molecular complexity index is 323. The van der Waals surface area contributed by atoms with Gasteiger partial charge in [0.25, 0.3) is 0 Å². The number of carbonyl (C=O) groups excluding carboxylic acids is 1. The van der Waals surface area contributed by atoms with E-state index in [1.54, 1.807) is 7.11 Å². The molecule has 1 saturated carbocycles. The van der Waals surface area contributed by atoms with Gasteiger partial charge in [-0.25, -0.2) is 4.79 Å². The first-order chi connectivity index (χ1) is 10.1. The quantitative estimate of drug-likeness (QED) is 0.568. The molecular formula is C15H28N2O4. The minimum atomic E-state index is -0.736. The van der Waals surface area contributed by atoms with Crippen molar-refractivity contribution in [3.05, 3.63) is 0 Å². The standard InChI is InChI=1S/C15H28N2O4/c1-21-10-6-2-5-9-16-15(20)17-11-12-7-3-4-8-13(12)14(18)19/h12-13H,2-11H2,1H3,(H,18,19)(H2,16,17,20). The van der Waals surface area contributed by atoms with Crippen molar-refractivity contribution in [3.63, 3.8) is 0 Å². The van der Waals surface area contributed by atoms with Crippen LogP contribution in [0.2, 0.25) is 0 Å². The Morgan fingerprint density at radius 3 is 2.62 bits per heavy atom. The molecule has 0 bridgehead atoms. The predicted octanol–water partition coefficient (Wildman–Crippen LogP) is 1.99. The van der Waals surface area contributed by atoms with Crippen molar-refractivity contribution in [1.29, 1.82) is 0 Å². The van der Waals surface area contributed by atoms with Crippen LogP contribution in [0.4, 0.5) is 4.79 Å². The van der Waals surface area contributed by atoms with Gasteiger partial charge < -0.3 is 20.5 Å². The van der Waals surface area contributed by atoms with Crippen LogP contribution in [0.15, 0.2) is 0 Å². The van der Waals surface area contributed by atoms with E-state index in [-0.39, 0.29) is 17.9 Å². The summed E-state index contributed by atoms with van der Waals surface area (Å²) in [7, 11) is 1.68. The molecule has 0 heterocycles. The zero-order valence-corrected chi connectivity index (χ0v) is 12.9. The number of aliphatic carboxylic acids is 1. The van der Waals surface area contributed by atoms with E-state index in [1.807, 2.05) is 0 Å². The first-order valence-corrected chi connectivity index (χ1v) is 7.88. The highest BCUT2D eigenvalue weighted by atomic mass is 16.5. The fourth-order valence-corrected chi connectivity index (χ4v) is 2.81. The summed E-state index contributed by atoms with van der Waals surface area (Å²) in [6, 6.07) is -0.198. The van der Waals surface area contributed by atoms with Crippen LogP contribution in [0.5, 0.6) is 0 Å². The van der Waals surface area contributed by atoms with Gasteiger partial charge in [0.2, 0.25) is 0 Å². The third kappa shape index (κ3) is 7.32. The molecule has 0 aromatic heterocycles. The first-order valence-electron chi connectivity index (χ1n) is 7.88. The molecule has 122 valence electrons. The fraction of sp³-hybridized carbons (Fsp3) is 0.867. The Balaban J connectivity index is 2.12. The second kappa shape index (κ2) is 10.4. The largest absolute Gasteiger partial charge is 0.481 e. The average Bonchev–Trinajstić information content (AvgIpc) is 2.49. The number of urea groups is 1. The molecule has 2 atom stereocenters. The third-order valence-corrected chi connectivity index (χ3v) is 4.06. The summed E-state index contributed by atoms with van der Waals surface area (Å²) >= 11 is 0. The summed E-state index contributed by atoms with van der Waals surface area (Å²) in [5.41, 5.74) is 0. The summed E-state index contributed by atoms with van der Waals surface area (Å²) in [6.07, 6.45) is 6.59.